The minimum absolute atomic E-state index is 0.217. The molecule has 0 bridgehead atoms. The second-order valence-corrected chi connectivity index (χ2v) is 5.03. The molecule has 2 N–H and O–H groups in total. The van der Waals surface area contributed by atoms with E-state index in [-0.39, 0.29) is 6.04 Å². The molecule has 0 spiro atoms. The second-order valence-electron chi connectivity index (χ2n) is 3.23. The first-order valence-corrected chi connectivity index (χ1v) is 5.90. The first kappa shape index (κ1) is 10.7. The highest BCUT2D eigenvalue weighted by molar-refractivity contribution is 7.16. The summed E-state index contributed by atoms with van der Waals surface area (Å²) in [4.78, 5) is 8.62. The Balaban J connectivity index is 2.09. The van der Waals surface area contributed by atoms with E-state index in [0.717, 1.165) is 16.6 Å². The molecule has 0 aliphatic rings. The number of rotatable bonds is 4. The van der Waals surface area contributed by atoms with Crippen LogP contribution in [0.25, 0.3) is 0 Å². The zero-order valence-electron chi connectivity index (χ0n) is 8.33. The quantitative estimate of drug-likeness (QED) is 0.864. The van der Waals surface area contributed by atoms with Crippen LogP contribution in [0.2, 0.25) is 4.34 Å². The third-order valence-electron chi connectivity index (χ3n) is 2.23. The molecule has 5 heteroatoms. The van der Waals surface area contributed by atoms with Gasteiger partial charge in [-0.3, -0.25) is 0 Å². The Morgan fingerprint density at radius 1 is 1.60 bits per heavy atom. The molecular formula is C10H12ClN3S. The number of hydrogen-bond acceptors (Lipinski definition) is 3. The Kier molecular flexibility index (Phi) is 3.41. The van der Waals surface area contributed by atoms with E-state index in [1.807, 2.05) is 19.3 Å². The number of aromatic amines is 1. The van der Waals surface area contributed by atoms with Crippen molar-refractivity contribution in [3.05, 3.63) is 39.6 Å². The third-order valence-corrected chi connectivity index (χ3v) is 3.49. The predicted molar refractivity (Wildman–Crippen MR) is 63.4 cm³/mol. The summed E-state index contributed by atoms with van der Waals surface area (Å²) in [6.45, 7) is 0. The summed E-state index contributed by atoms with van der Waals surface area (Å²) in [5, 5.41) is 3.23. The first-order valence-electron chi connectivity index (χ1n) is 4.70. The largest absolute Gasteiger partial charge is 0.347 e. The maximum absolute atomic E-state index is 5.89. The fourth-order valence-electron chi connectivity index (χ4n) is 1.47. The SMILES string of the molecule is CNC(Cc1ccc(Cl)s1)c1ncc[nH]1. The number of likely N-dealkylation sites (N-methyl/N-ethyl adjacent to an activating group) is 1. The first-order chi connectivity index (χ1) is 7.29. The van der Waals surface area contributed by atoms with Gasteiger partial charge in [0.15, 0.2) is 0 Å². The van der Waals surface area contributed by atoms with Crippen molar-refractivity contribution in [3.8, 4) is 0 Å². The Hall–Kier alpha value is -0.840. The van der Waals surface area contributed by atoms with Crippen molar-refractivity contribution in [3.63, 3.8) is 0 Å². The Bertz CT molecular complexity index is 410. The number of aromatic nitrogens is 2. The van der Waals surface area contributed by atoms with E-state index in [2.05, 4.69) is 21.4 Å². The minimum atomic E-state index is 0.217. The molecule has 2 rings (SSSR count). The van der Waals surface area contributed by atoms with E-state index in [0.29, 0.717) is 0 Å². The highest BCUT2D eigenvalue weighted by Gasteiger charge is 2.13. The lowest BCUT2D eigenvalue weighted by atomic mass is 10.2. The average Bonchev–Trinajstić information content (AvgIpc) is 2.85. The number of hydrogen-bond donors (Lipinski definition) is 2. The number of nitrogens with zero attached hydrogens (tertiary/aromatic N) is 1. The molecule has 1 atom stereocenters. The van der Waals surface area contributed by atoms with Gasteiger partial charge in [0.1, 0.15) is 5.82 Å². The van der Waals surface area contributed by atoms with Crippen molar-refractivity contribution in [2.24, 2.45) is 0 Å². The van der Waals surface area contributed by atoms with Crippen molar-refractivity contribution in [1.82, 2.24) is 15.3 Å². The number of nitrogens with one attached hydrogen (secondary N) is 2. The lowest BCUT2D eigenvalue weighted by Gasteiger charge is -2.11. The van der Waals surface area contributed by atoms with Gasteiger partial charge in [0, 0.05) is 23.7 Å². The van der Waals surface area contributed by atoms with Gasteiger partial charge in [-0.1, -0.05) is 11.6 Å². The van der Waals surface area contributed by atoms with E-state index >= 15 is 0 Å². The molecule has 0 aliphatic carbocycles. The summed E-state index contributed by atoms with van der Waals surface area (Å²) in [6, 6.07) is 4.20. The summed E-state index contributed by atoms with van der Waals surface area (Å²) in [5.41, 5.74) is 0. The highest BCUT2D eigenvalue weighted by atomic mass is 35.5. The van der Waals surface area contributed by atoms with Crippen LogP contribution in [-0.4, -0.2) is 17.0 Å². The summed E-state index contributed by atoms with van der Waals surface area (Å²) in [5.74, 6) is 0.960. The summed E-state index contributed by atoms with van der Waals surface area (Å²) >= 11 is 7.50. The van der Waals surface area contributed by atoms with Gasteiger partial charge in [-0.15, -0.1) is 11.3 Å². The monoisotopic (exact) mass is 241 g/mol. The number of imidazole rings is 1. The molecule has 0 saturated carbocycles. The van der Waals surface area contributed by atoms with Crippen LogP contribution >= 0.6 is 22.9 Å². The van der Waals surface area contributed by atoms with E-state index in [4.69, 9.17) is 11.6 Å². The summed E-state index contributed by atoms with van der Waals surface area (Å²) in [7, 11) is 1.93. The van der Waals surface area contributed by atoms with E-state index in [1.54, 1.807) is 17.5 Å². The lowest BCUT2D eigenvalue weighted by molar-refractivity contribution is 0.567. The van der Waals surface area contributed by atoms with Crippen LogP contribution in [0.4, 0.5) is 0 Å². The zero-order valence-corrected chi connectivity index (χ0v) is 9.90. The Morgan fingerprint density at radius 3 is 3.00 bits per heavy atom. The third kappa shape index (κ3) is 2.59. The molecule has 0 aromatic carbocycles. The maximum Gasteiger partial charge on any atom is 0.123 e. The highest BCUT2D eigenvalue weighted by Crippen LogP contribution is 2.25. The molecule has 2 aromatic heterocycles. The van der Waals surface area contributed by atoms with Crippen molar-refractivity contribution in [2.45, 2.75) is 12.5 Å². The molecule has 0 fully saturated rings. The molecule has 0 aliphatic heterocycles. The second kappa shape index (κ2) is 4.79. The van der Waals surface area contributed by atoms with Crippen LogP contribution in [-0.2, 0) is 6.42 Å². The van der Waals surface area contributed by atoms with Gasteiger partial charge >= 0.3 is 0 Å². The van der Waals surface area contributed by atoms with E-state index < -0.39 is 0 Å². The van der Waals surface area contributed by atoms with Crippen LogP contribution in [0.5, 0.6) is 0 Å². The van der Waals surface area contributed by atoms with Crippen LogP contribution in [0, 0.1) is 0 Å². The van der Waals surface area contributed by atoms with Crippen LogP contribution < -0.4 is 5.32 Å². The molecule has 0 amide bonds. The minimum Gasteiger partial charge on any atom is -0.347 e. The number of halogens is 1. The van der Waals surface area contributed by atoms with Gasteiger partial charge < -0.3 is 10.3 Å². The summed E-state index contributed by atoms with van der Waals surface area (Å²) < 4.78 is 0.833. The summed E-state index contributed by atoms with van der Waals surface area (Å²) in [6.07, 6.45) is 4.50. The van der Waals surface area contributed by atoms with Crippen LogP contribution in [0.1, 0.15) is 16.7 Å². The van der Waals surface area contributed by atoms with Gasteiger partial charge in [0.25, 0.3) is 0 Å². The van der Waals surface area contributed by atoms with Crippen molar-refractivity contribution in [2.75, 3.05) is 7.05 Å². The molecule has 3 nitrogen and oxygen atoms in total. The van der Waals surface area contributed by atoms with Gasteiger partial charge in [-0.2, -0.15) is 0 Å². The zero-order chi connectivity index (χ0) is 10.7. The molecule has 0 saturated heterocycles. The normalized spacial score (nSPS) is 12.9. The smallest absolute Gasteiger partial charge is 0.123 e. The standard InChI is InChI=1S/C10H12ClN3S/c1-12-8(10-13-4-5-14-10)6-7-2-3-9(11)15-7/h2-5,8,12H,6H2,1H3,(H,13,14). The lowest BCUT2D eigenvalue weighted by Crippen LogP contribution is -2.19. The fourth-order valence-corrected chi connectivity index (χ4v) is 2.60. The van der Waals surface area contributed by atoms with Crippen molar-refractivity contribution < 1.29 is 0 Å². The predicted octanol–water partition coefficient (Wildman–Crippen LogP) is 2.63. The van der Waals surface area contributed by atoms with E-state index in [9.17, 15) is 0 Å². The van der Waals surface area contributed by atoms with Gasteiger partial charge in [0.05, 0.1) is 10.4 Å². The van der Waals surface area contributed by atoms with Gasteiger partial charge in [0.2, 0.25) is 0 Å². The fraction of sp³-hybridized carbons (Fsp3) is 0.300. The van der Waals surface area contributed by atoms with E-state index in [1.165, 1.54) is 4.88 Å². The molecule has 1 unspecified atom stereocenters. The topological polar surface area (TPSA) is 40.7 Å². The molecule has 80 valence electrons. The van der Waals surface area contributed by atoms with Crippen molar-refractivity contribution in [1.29, 1.82) is 0 Å². The molecule has 2 aromatic rings. The Morgan fingerprint density at radius 2 is 2.47 bits per heavy atom. The average molecular weight is 242 g/mol. The Labute approximate surface area is 97.5 Å². The van der Waals surface area contributed by atoms with Crippen LogP contribution in [0.3, 0.4) is 0 Å². The molecule has 0 radical (unpaired) electrons. The maximum atomic E-state index is 5.89. The molecular weight excluding hydrogens is 230 g/mol. The van der Waals surface area contributed by atoms with Crippen molar-refractivity contribution >= 4 is 22.9 Å². The van der Waals surface area contributed by atoms with Gasteiger partial charge in [-0.05, 0) is 19.2 Å². The molecule has 15 heavy (non-hydrogen) atoms. The molecule has 2 heterocycles. The van der Waals surface area contributed by atoms with Gasteiger partial charge in [-0.25, -0.2) is 4.98 Å². The number of thiophene rings is 1. The number of H-pyrrole nitrogens is 1. The van der Waals surface area contributed by atoms with Crippen LogP contribution in [0.15, 0.2) is 24.5 Å².